The van der Waals surface area contributed by atoms with Gasteiger partial charge in [0.15, 0.2) is 0 Å². The lowest BCUT2D eigenvalue weighted by molar-refractivity contribution is -0.121. The molecule has 0 spiro atoms. The van der Waals surface area contributed by atoms with E-state index in [1.54, 1.807) is 29.6 Å². The summed E-state index contributed by atoms with van der Waals surface area (Å²) < 4.78 is 38.7. The van der Waals surface area contributed by atoms with Crippen LogP contribution in [0, 0.1) is 0 Å². The standard InChI is InChI=1S/C26H36N2O5S/c1-3-7-21-8-11-23(12-9-21)33-19-16-27-26(29)15-10-22-20-24(13-14-25(22)32-2)34(30,31)28-17-5-4-6-18-28/h8-9,11-14,20H,3-7,10,15-19H2,1-2H3,(H,27,29). The minimum absolute atomic E-state index is 0.117. The highest BCUT2D eigenvalue weighted by Gasteiger charge is 2.26. The molecule has 0 atom stereocenters. The van der Waals surface area contributed by atoms with E-state index in [-0.39, 0.29) is 17.2 Å². The van der Waals surface area contributed by atoms with E-state index in [1.165, 1.54) is 5.56 Å². The SMILES string of the molecule is CCCc1ccc(OCCNC(=O)CCc2cc(S(=O)(=O)N3CCCCC3)ccc2OC)cc1. The van der Waals surface area contributed by atoms with E-state index in [9.17, 15) is 13.2 Å². The van der Waals surface area contributed by atoms with Gasteiger partial charge in [-0.25, -0.2) is 8.42 Å². The summed E-state index contributed by atoms with van der Waals surface area (Å²) in [6.07, 6.45) is 5.61. The van der Waals surface area contributed by atoms with E-state index in [1.807, 2.05) is 12.1 Å². The number of ether oxygens (including phenoxy) is 2. The zero-order chi connectivity index (χ0) is 24.4. The molecule has 1 aliphatic rings. The number of benzene rings is 2. The maximum atomic E-state index is 13.0. The molecule has 8 heteroatoms. The molecule has 1 heterocycles. The Morgan fingerprint density at radius 1 is 1.03 bits per heavy atom. The molecule has 2 aromatic rings. The Morgan fingerprint density at radius 3 is 2.44 bits per heavy atom. The predicted molar refractivity (Wildman–Crippen MR) is 133 cm³/mol. The number of nitrogens with one attached hydrogen (secondary N) is 1. The third-order valence-corrected chi connectivity index (χ3v) is 7.88. The molecule has 0 saturated carbocycles. The summed E-state index contributed by atoms with van der Waals surface area (Å²) in [5, 5.41) is 2.86. The Morgan fingerprint density at radius 2 is 1.76 bits per heavy atom. The highest BCUT2D eigenvalue weighted by molar-refractivity contribution is 7.89. The van der Waals surface area contributed by atoms with Crippen LogP contribution in [0.1, 0.15) is 50.2 Å². The topological polar surface area (TPSA) is 84.9 Å². The van der Waals surface area contributed by atoms with Crippen molar-refractivity contribution in [3.8, 4) is 11.5 Å². The normalized spacial score (nSPS) is 14.5. The van der Waals surface area contributed by atoms with Crippen LogP contribution in [0.5, 0.6) is 11.5 Å². The number of nitrogens with zero attached hydrogens (tertiary/aromatic N) is 1. The fourth-order valence-electron chi connectivity index (χ4n) is 4.10. The van der Waals surface area contributed by atoms with Crippen LogP contribution in [0.3, 0.4) is 0 Å². The maximum absolute atomic E-state index is 13.0. The molecule has 1 N–H and O–H groups in total. The van der Waals surface area contributed by atoms with E-state index in [4.69, 9.17) is 9.47 Å². The fraction of sp³-hybridized carbons (Fsp3) is 0.500. The lowest BCUT2D eigenvalue weighted by atomic mass is 10.1. The van der Waals surface area contributed by atoms with Gasteiger partial charge in [0, 0.05) is 19.5 Å². The van der Waals surface area contributed by atoms with Crippen molar-refractivity contribution in [1.29, 1.82) is 0 Å². The first-order valence-electron chi connectivity index (χ1n) is 12.1. The van der Waals surface area contributed by atoms with Gasteiger partial charge in [0.1, 0.15) is 18.1 Å². The summed E-state index contributed by atoms with van der Waals surface area (Å²) in [6.45, 7) is 4.04. The molecule has 186 valence electrons. The van der Waals surface area contributed by atoms with Crippen LogP contribution < -0.4 is 14.8 Å². The van der Waals surface area contributed by atoms with Crippen molar-refractivity contribution in [3.63, 3.8) is 0 Å². The van der Waals surface area contributed by atoms with Crippen molar-refractivity contribution in [2.75, 3.05) is 33.4 Å². The quantitative estimate of drug-likeness (QED) is 0.457. The molecule has 3 rings (SSSR count). The van der Waals surface area contributed by atoms with Crippen LogP contribution >= 0.6 is 0 Å². The maximum Gasteiger partial charge on any atom is 0.243 e. The summed E-state index contributed by atoms with van der Waals surface area (Å²) in [4.78, 5) is 12.6. The molecular weight excluding hydrogens is 452 g/mol. The van der Waals surface area contributed by atoms with Crippen molar-refractivity contribution in [3.05, 3.63) is 53.6 Å². The number of aryl methyl sites for hydroxylation is 2. The van der Waals surface area contributed by atoms with Gasteiger partial charge >= 0.3 is 0 Å². The molecule has 1 aliphatic heterocycles. The van der Waals surface area contributed by atoms with Crippen LogP contribution in [-0.4, -0.2) is 52.0 Å². The number of amides is 1. The van der Waals surface area contributed by atoms with Gasteiger partial charge in [-0.15, -0.1) is 0 Å². The summed E-state index contributed by atoms with van der Waals surface area (Å²) in [6, 6.07) is 12.9. The molecule has 0 aromatic heterocycles. The minimum Gasteiger partial charge on any atom is -0.496 e. The van der Waals surface area contributed by atoms with Gasteiger partial charge in [0.2, 0.25) is 15.9 Å². The van der Waals surface area contributed by atoms with Crippen LogP contribution in [0.4, 0.5) is 0 Å². The van der Waals surface area contributed by atoms with E-state index < -0.39 is 10.0 Å². The van der Waals surface area contributed by atoms with Gasteiger partial charge < -0.3 is 14.8 Å². The first kappa shape index (κ1) is 26.0. The average Bonchev–Trinajstić information content (AvgIpc) is 2.86. The summed E-state index contributed by atoms with van der Waals surface area (Å²) in [5.74, 6) is 1.25. The van der Waals surface area contributed by atoms with Gasteiger partial charge in [-0.3, -0.25) is 4.79 Å². The smallest absolute Gasteiger partial charge is 0.243 e. The van der Waals surface area contributed by atoms with Crippen molar-refractivity contribution in [1.82, 2.24) is 9.62 Å². The lowest BCUT2D eigenvalue weighted by Crippen LogP contribution is -2.35. The molecule has 1 amide bonds. The number of hydrogen-bond acceptors (Lipinski definition) is 5. The number of methoxy groups -OCH3 is 1. The number of sulfonamides is 1. The zero-order valence-electron chi connectivity index (χ0n) is 20.2. The second-order valence-corrected chi connectivity index (χ2v) is 10.5. The molecule has 2 aromatic carbocycles. The number of rotatable bonds is 12. The summed E-state index contributed by atoms with van der Waals surface area (Å²) in [5.41, 5.74) is 1.99. The molecule has 1 fully saturated rings. The Labute approximate surface area is 203 Å². The molecule has 7 nitrogen and oxygen atoms in total. The largest absolute Gasteiger partial charge is 0.496 e. The van der Waals surface area contributed by atoms with Gasteiger partial charge in [0.25, 0.3) is 0 Å². The Hall–Kier alpha value is -2.58. The first-order chi connectivity index (χ1) is 16.4. The van der Waals surface area contributed by atoms with E-state index in [0.29, 0.717) is 44.0 Å². The highest BCUT2D eigenvalue weighted by Crippen LogP contribution is 2.27. The predicted octanol–water partition coefficient (Wildman–Crippen LogP) is 3.95. The summed E-state index contributed by atoms with van der Waals surface area (Å²) >= 11 is 0. The first-order valence-corrected chi connectivity index (χ1v) is 13.5. The van der Waals surface area contributed by atoms with Crippen LogP contribution in [0.2, 0.25) is 0 Å². The molecule has 0 bridgehead atoms. The fourth-order valence-corrected chi connectivity index (χ4v) is 5.67. The lowest BCUT2D eigenvalue weighted by Gasteiger charge is -2.26. The highest BCUT2D eigenvalue weighted by atomic mass is 32.2. The third-order valence-electron chi connectivity index (χ3n) is 5.98. The molecular formula is C26H36N2O5S. The van der Waals surface area contributed by atoms with Gasteiger partial charge in [-0.1, -0.05) is 31.9 Å². The van der Waals surface area contributed by atoms with Gasteiger partial charge in [-0.2, -0.15) is 4.31 Å². The molecule has 0 radical (unpaired) electrons. The number of carbonyl (C=O) groups is 1. The number of hydrogen-bond donors (Lipinski definition) is 1. The van der Waals surface area contributed by atoms with Gasteiger partial charge in [-0.05, 0) is 67.1 Å². The monoisotopic (exact) mass is 488 g/mol. The second kappa shape index (κ2) is 12.8. The van der Waals surface area contributed by atoms with E-state index in [0.717, 1.165) is 37.9 Å². The van der Waals surface area contributed by atoms with Crippen molar-refractivity contribution < 1.29 is 22.7 Å². The third kappa shape index (κ3) is 7.21. The van der Waals surface area contributed by atoms with Crippen molar-refractivity contribution >= 4 is 15.9 Å². The van der Waals surface area contributed by atoms with E-state index in [2.05, 4.69) is 24.4 Å². The summed E-state index contributed by atoms with van der Waals surface area (Å²) in [7, 11) is -1.99. The molecule has 0 aliphatic carbocycles. The molecule has 34 heavy (non-hydrogen) atoms. The average molecular weight is 489 g/mol. The molecule has 1 saturated heterocycles. The number of carbonyl (C=O) groups excluding carboxylic acids is 1. The van der Waals surface area contributed by atoms with Crippen LogP contribution in [0.15, 0.2) is 47.4 Å². The second-order valence-electron chi connectivity index (χ2n) is 8.53. The number of piperidine rings is 1. The van der Waals surface area contributed by atoms with Crippen LogP contribution in [-0.2, 0) is 27.7 Å². The van der Waals surface area contributed by atoms with Crippen molar-refractivity contribution in [2.45, 2.75) is 56.8 Å². The van der Waals surface area contributed by atoms with Crippen molar-refractivity contribution in [2.24, 2.45) is 0 Å². The Kier molecular flexibility index (Phi) is 9.77. The van der Waals surface area contributed by atoms with Crippen LogP contribution in [0.25, 0.3) is 0 Å². The zero-order valence-corrected chi connectivity index (χ0v) is 21.0. The van der Waals surface area contributed by atoms with E-state index >= 15 is 0 Å². The minimum atomic E-state index is -3.54. The van der Waals surface area contributed by atoms with Gasteiger partial charge in [0.05, 0.1) is 18.6 Å². The Balaban J connectivity index is 1.49. The molecule has 0 unspecified atom stereocenters. The Bertz CT molecular complexity index is 1030.